The molecule has 3 aromatic rings. The molecule has 0 aliphatic rings. The third-order valence-electron chi connectivity index (χ3n) is 4.97. The Kier molecular flexibility index (Phi) is 7.38. The van der Waals surface area contributed by atoms with Crippen LogP contribution in [0, 0.1) is 6.92 Å². The zero-order valence-electron chi connectivity index (χ0n) is 17.5. The van der Waals surface area contributed by atoms with Crippen LogP contribution in [-0.4, -0.2) is 36.3 Å². The molecule has 1 heterocycles. The number of carbonyl (C=O) groups is 2. The van der Waals surface area contributed by atoms with Crippen molar-refractivity contribution in [3.05, 3.63) is 88.1 Å². The molecule has 0 bridgehead atoms. The van der Waals surface area contributed by atoms with Crippen LogP contribution in [0.4, 0.5) is 5.69 Å². The van der Waals surface area contributed by atoms with Crippen molar-refractivity contribution >= 4 is 28.8 Å². The van der Waals surface area contributed by atoms with Gasteiger partial charge in [-0.15, -0.1) is 11.3 Å². The summed E-state index contributed by atoms with van der Waals surface area (Å²) in [6, 6.07) is 21.6. The minimum atomic E-state index is -0.325. The molecular formula is C24H28N3O2S+. The molecular weight excluding hydrogens is 394 g/mol. The lowest BCUT2D eigenvalue weighted by atomic mass is 10.0. The molecule has 0 aliphatic carbocycles. The molecule has 0 radical (unpaired) electrons. The van der Waals surface area contributed by atoms with Crippen LogP contribution in [0.15, 0.2) is 72.1 Å². The van der Waals surface area contributed by atoms with Crippen LogP contribution in [0.2, 0.25) is 0 Å². The lowest BCUT2D eigenvalue weighted by Gasteiger charge is -2.23. The minimum absolute atomic E-state index is 0.0138. The van der Waals surface area contributed by atoms with Crippen molar-refractivity contribution < 1.29 is 14.9 Å². The van der Waals surface area contributed by atoms with Gasteiger partial charge in [-0.1, -0.05) is 54.1 Å². The predicted molar refractivity (Wildman–Crippen MR) is 121 cm³/mol. The van der Waals surface area contributed by atoms with E-state index < -0.39 is 0 Å². The number of rotatable bonds is 8. The lowest BCUT2D eigenvalue weighted by Crippen LogP contribution is -2.92. The predicted octanol–water partition coefficient (Wildman–Crippen LogP) is 3.19. The maximum atomic E-state index is 12.9. The van der Waals surface area contributed by atoms with E-state index in [0.717, 1.165) is 16.8 Å². The zero-order chi connectivity index (χ0) is 21.5. The first-order valence-corrected chi connectivity index (χ1v) is 10.9. The molecule has 6 heteroatoms. The van der Waals surface area contributed by atoms with Gasteiger partial charge >= 0.3 is 0 Å². The third kappa shape index (κ3) is 5.78. The van der Waals surface area contributed by atoms with E-state index in [-0.39, 0.29) is 30.4 Å². The molecule has 3 rings (SSSR count). The molecule has 0 saturated heterocycles. The van der Waals surface area contributed by atoms with Crippen LogP contribution >= 0.6 is 11.3 Å². The van der Waals surface area contributed by atoms with E-state index in [9.17, 15) is 9.59 Å². The quantitative estimate of drug-likeness (QED) is 0.586. The second-order valence-electron chi connectivity index (χ2n) is 7.49. The standard InChI is InChI=1S/C24H27N3O2S/c1-17-11-13-20(14-12-17)26-22(28)16-27(3)24(29)18(2)25-23(21-10-7-15-30-21)19-8-5-4-6-9-19/h4-15,18,23,25H,16H2,1-3H3,(H,26,28)/p+1/t18-,23+/m0/s1. The average molecular weight is 423 g/mol. The molecule has 1 aromatic heterocycles. The highest BCUT2D eigenvalue weighted by Gasteiger charge is 2.28. The van der Waals surface area contributed by atoms with E-state index in [1.807, 2.05) is 67.8 Å². The smallest absolute Gasteiger partial charge is 0.280 e. The van der Waals surface area contributed by atoms with Crippen LogP contribution in [-0.2, 0) is 9.59 Å². The number of likely N-dealkylation sites (N-methyl/N-ethyl adjacent to an activating group) is 1. The van der Waals surface area contributed by atoms with Crippen LogP contribution in [0.3, 0.4) is 0 Å². The fraction of sp³-hybridized carbons (Fsp3) is 0.250. The summed E-state index contributed by atoms with van der Waals surface area (Å²) in [5, 5.41) is 6.96. The van der Waals surface area contributed by atoms with Crippen LogP contribution in [0.1, 0.15) is 29.0 Å². The number of carbonyl (C=O) groups excluding carboxylic acids is 2. The second kappa shape index (κ2) is 10.2. The van der Waals surface area contributed by atoms with Gasteiger partial charge in [-0.2, -0.15) is 0 Å². The van der Waals surface area contributed by atoms with Crippen molar-refractivity contribution in [1.82, 2.24) is 4.90 Å². The molecule has 156 valence electrons. The van der Waals surface area contributed by atoms with Gasteiger partial charge in [-0.05, 0) is 37.4 Å². The van der Waals surface area contributed by atoms with Crippen molar-refractivity contribution in [3.63, 3.8) is 0 Å². The third-order valence-corrected chi connectivity index (χ3v) is 5.93. The zero-order valence-corrected chi connectivity index (χ0v) is 18.4. The summed E-state index contributed by atoms with van der Waals surface area (Å²) in [5.41, 5.74) is 3.01. The van der Waals surface area contributed by atoms with Crippen molar-refractivity contribution in [2.24, 2.45) is 0 Å². The summed E-state index contributed by atoms with van der Waals surface area (Å²) in [6.07, 6.45) is 0. The van der Waals surface area contributed by atoms with Gasteiger partial charge in [0.25, 0.3) is 5.91 Å². The molecule has 0 unspecified atom stereocenters. The summed E-state index contributed by atoms with van der Waals surface area (Å²) in [7, 11) is 1.67. The van der Waals surface area contributed by atoms with E-state index in [0.29, 0.717) is 0 Å². The van der Waals surface area contributed by atoms with Gasteiger partial charge in [0, 0.05) is 18.3 Å². The molecule has 2 atom stereocenters. The Morgan fingerprint density at radius 1 is 1.03 bits per heavy atom. The molecule has 5 nitrogen and oxygen atoms in total. The summed E-state index contributed by atoms with van der Waals surface area (Å²) in [5.74, 6) is -0.286. The van der Waals surface area contributed by atoms with E-state index >= 15 is 0 Å². The summed E-state index contributed by atoms with van der Waals surface area (Å²) in [6.45, 7) is 3.90. The largest absolute Gasteiger partial charge is 0.331 e. The highest BCUT2D eigenvalue weighted by molar-refractivity contribution is 7.10. The maximum absolute atomic E-state index is 12.9. The van der Waals surface area contributed by atoms with E-state index in [2.05, 4.69) is 28.8 Å². The molecule has 0 aliphatic heterocycles. The average Bonchev–Trinajstić information content (AvgIpc) is 3.28. The van der Waals surface area contributed by atoms with Gasteiger partial charge in [0.05, 0.1) is 11.4 Å². The van der Waals surface area contributed by atoms with Gasteiger partial charge in [0.1, 0.15) is 6.04 Å². The molecule has 0 spiro atoms. The molecule has 2 amide bonds. The Morgan fingerprint density at radius 3 is 2.37 bits per heavy atom. The van der Waals surface area contributed by atoms with Crippen molar-refractivity contribution in [2.75, 3.05) is 18.9 Å². The SMILES string of the molecule is Cc1ccc(NC(=O)CN(C)C(=O)[C@H](C)[NH2+][C@H](c2ccccc2)c2cccs2)cc1. The number of thiophene rings is 1. The van der Waals surface area contributed by atoms with Crippen molar-refractivity contribution in [1.29, 1.82) is 0 Å². The number of amides is 2. The molecule has 2 aromatic carbocycles. The number of anilines is 1. The number of hydrogen-bond donors (Lipinski definition) is 2. The first kappa shape index (κ1) is 21.7. The molecule has 0 saturated carbocycles. The Balaban J connectivity index is 1.61. The number of hydrogen-bond acceptors (Lipinski definition) is 3. The van der Waals surface area contributed by atoms with Gasteiger partial charge in [0.2, 0.25) is 5.91 Å². The van der Waals surface area contributed by atoms with Crippen LogP contribution in [0.25, 0.3) is 0 Å². The van der Waals surface area contributed by atoms with Gasteiger partial charge in [-0.3, -0.25) is 9.59 Å². The Labute approximate surface area is 181 Å². The maximum Gasteiger partial charge on any atom is 0.280 e. The fourth-order valence-corrected chi connectivity index (χ4v) is 4.18. The Morgan fingerprint density at radius 2 is 1.73 bits per heavy atom. The monoisotopic (exact) mass is 422 g/mol. The lowest BCUT2D eigenvalue weighted by molar-refractivity contribution is -0.704. The topological polar surface area (TPSA) is 66.0 Å². The molecule has 30 heavy (non-hydrogen) atoms. The number of nitrogens with zero attached hydrogens (tertiary/aromatic N) is 1. The second-order valence-corrected chi connectivity index (χ2v) is 8.47. The molecule has 3 N–H and O–H groups in total. The normalized spacial score (nSPS) is 12.8. The van der Waals surface area contributed by atoms with E-state index in [1.165, 1.54) is 9.78 Å². The fourth-order valence-electron chi connectivity index (χ4n) is 3.35. The number of quaternary nitrogens is 1. The Hall–Kier alpha value is -2.96. The number of aryl methyl sites for hydroxylation is 1. The number of nitrogens with two attached hydrogens (primary N) is 1. The highest BCUT2D eigenvalue weighted by Crippen LogP contribution is 2.22. The van der Waals surface area contributed by atoms with E-state index in [4.69, 9.17) is 0 Å². The van der Waals surface area contributed by atoms with Crippen LogP contribution < -0.4 is 10.6 Å². The summed E-state index contributed by atoms with van der Waals surface area (Å²) >= 11 is 1.68. The van der Waals surface area contributed by atoms with Crippen LogP contribution in [0.5, 0.6) is 0 Å². The first-order chi connectivity index (χ1) is 14.4. The van der Waals surface area contributed by atoms with Gasteiger partial charge < -0.3 is 15.5 Å². The minimum Gasteiger partial charge on any atom is -0.331 e. The van der Waals surface area contributed by atoms with Gasteiger partial charge in [0.15, 0.2) is 6.04 Å². The Bertz CT molecular complexity index is 956. The highest BCUT2D eigenvalue weighted by atomic mass is 32.1. The van der Waals surface area contributed by atoms with Crippen molar-refractivity contribution in [3.8, 4) is 0 Å². The number of nitrogens with one attached hydrogen (secondary N) is 1. The summed E-state index contributed by atoms with van der Waals surface area (Å²) < 4.78 is 0. The summed E-state index contributed by atoms with van der Waals surface area (Å²) in [4.78, 5) is 28.0. The number of benzene rings is 2. The van der Waals surface area contributed by atoms with E-state index in [1.54, 1.807) is 18.4 Å². The molecule has 0 fully saturated rings. The first-order valence-electron chi connectivity index (χ1n) is 9.99. The van der Waals surface area contributed by atoms with Crippen molar-refractivity contribution in [2.45, 2.75) is 25.9 Å². The van der Waals surface area contributed by atoms with Gasteiger partial charge in [-0.25, -0.2) is 0 Å².